The van der Waals surface area contributed by atoms with Gasteiger partial charge in [-0.3, -0.25) is 14.4 Å². The van der Waals surface area contributed by atoms with E-state index in [2.05, 4.69) is 42.7 Å². The second kappa shape index (κ2) is 8.09. The van der Waals surface area contributed by atoms with E-state index in [-0.39, 0.29) is 5.91 Å². The number of hydrogen-bond donors (Lipinski definition) is 0. The van der Waals surface area contributed by atoms with E-state index >= 15 is 0 Å². The van der Waals surface area contributed by atoms with Gasteiger partial charge in [-0.25, -0.2) is 0 Å². The molecule has 146 valence electrons. The van der Waals surface area contributed by atoms with Gasteiger partial charge in [0.2, 0.25) is 0 Å². The SMILES string of the molecule is CC(C)c1cc(C(=O)N2CCC([C@H](C)N3CCN(C)CC3)CC2)n(C)n1. The minimum Gasteiger partial charge on any atom is -0.337 e. The van der Waals surface area contributed by atoms with Crippen molar-refractivity contribution in [2.24, 2.45) is 13.0 Å². The Morgan fingerprint density at radius 1 is 1.04 bits per heavy atom. The van der Waals surface area contributed by atoms with Gasteiger partial charge in [-0.15, -0.1) is 0 Å². The summed E-state index contributed by atoms with van der Waals surface area (Å²) in [5.41, 5.74) is 1.72. The van der Waals surface area contributed by atoms with Crippen LogP contribution in [0.2, 0.25) is 0 Å². The largest absolute Gasteiger partial charge is 0.337 e. The van der Waals surface area contributed by atoms with Crippen LogP contribution in [0.5, 0.6) is 0 Å². The zero-order valence-electron chi connectivity index (χ0n) is 17.1. The number of piperazine rings is 1. The van der Waals surface area contributed by atoms with E-state index in [1.54, 1.807) is 4.68 Å². The molecular weight excluding hydrogens is 326 g/mol. The molecule has 2 aliphatic rings. The van der Waals surface area contributed by atoms with Crippen LogP contribution in [-0.2, 0) is 7.05 Å². The molecule has 0 aliphatic carbocycles. The molecule has 6 heteroatoms. The Kier molecular flexibility index (Phi) is 6.03. The summed E-state index contributed by atoms with van der Waals surface area (Å²) in [6.45, 7) is 13.0. The fourth-order valence-electron chi connectivity index (χ4n) is 4.25. The van der Waals surface area contributed by atoms with E-state index < -0.39 is 0 Å². The number of nitrogens with zero attached hydrogens (tertiary/aromatic N) is 5. The number of carbonyl (C=O) groups is 1. The second-order valence-corrected chi connectivity index (χ2v) is 8.44. The van der Waals surface area contributed by atoms with Crippen molar-refractivity contribution >= 4 is 5.91 Å². The quantitative estimate of drug-likeness (QED) is 0.823. The molecule has 1 atom stereocenters. The van der Waals surface area contributed by atoms with Crippen LogP contribution >= 0.6 is 0 Å². The highest BCUT2D eigenvalue weighted by atomic mass is 16.2. The smallest absolute Gasteiger partial charge is 0.272 e. The lowest BCUT2D eigenvalue weighted by Gasteiger charge is -2.42. The Labute approximate surface area is 158 Å². The van der Waals surface area contributed by atoms with Crippen LogP contribution in [0, 0.1) is 5.92 Å². The van der Waals surface area contributed by atoms with Crippen LogP contribution in [-0.4, -0.2) is 82.7 Å². The molecule has 3 rings (SSSR count). The van der Waals surface area contributed by atoms with E-state index in [4.69, 9.17) is 0 Å². The fourth-order valence-corrected chi connectivity index (χ4v) is 4.25. The number of carbonyl (C=O) groups excluding carboxylic acids is 1. The van der Waals surface area contributed by atoms with E-state index in [1.165, 1.54) is 26.2 Å². The van der Waals surface area contributed by atoms with Gasteiger partial charge >= 0.3 is 0 Å². The van der Waals surface area contributed by atoms with Crippen molar-refractivity contribution in [1.82, 2.24) is 24.5 Å². The minimum atomic E-state index is 0.137. The molecule has 1 aromatic heterocycles. The highest BCUT2D eigenvalue weighted by Crippen LogP contribution is 2.26. The van der Waals surface area contributed by atoms with Crippen molar-refractivity contribution in [2.75, 3.05) is 46.3 Å². The Hall–Kier alpha value is -1.40. The summed E-state index contributed by atoms with van der Waals surface area (Å²) >= 11 is 0. The molecule has 2 fully saturated rings. The molecule has 0 radical (unpaired) electrons. The van der Waals surface area contributed by atoms with Crippen LogP contribution in [0.1, 0.15) is 55.7 Å². The monoisotopic (exact) mass is 361 g/mol. The van der Waals surface area contributed by atoms with Gasteiger partial charge in [0, 0.05) is 52.4 Å². The Balaban J connectivity index is 1.55. The van der Waals surface area contributed by atoms with Crippen molar-refractivity contribution in [2.45, 2.75) is 45.6 Å². The first-order chi connectivity index (χ1) is 12.4. The predicted molar refractivity (Wildman–Crippen MR) is 104 cm³/mol. The van der Waals surface area contributed by atoms with Gasteiger partial charge in [0.05, 0.1) is 5.69 Å². The summed E-state index contributed by atoms with van der Waals surface area (Å²) in [6.07, 6.45) is 2.21. The number of rotatable bonds is 4. The normalized spacial score (nSPS) is 22.2. The van der Waals surface area contributed by atoms with Crippen molar-refractivity contribution in [3.63, 3.8) is 0 Å². The van der Waals surface area contributed by atoms with Crippen molar-refractivity contribution in [3.8, 4) is 0 Å². The molecule has 3 heterocycles. The van der Waals surface area contributed by atoms with Gasteiger partial charge in [-0.05, 0) is 44.7 Å². The zero-order valence-corrected chi connectivity index (χ0v) is 17.1. The average Bonchev–Trinajstić information content (AvgIpc) is 3.03. The third-order valence-corrected chi connectivity index (χ3v) is 6.33. The van der Waals surface area contributed by atoms with E-state index in [1.807, 2.05) is 18.0 Å². The van der Waals surface area contributed by atoms with Gasteiger partial charge in [0.15, 0.2) is 0 Å². The summed E-state index contributed by atoms with van der Waals surface area (Å²) in [5, 5.41) is 4.50. The minimum absolute atomic E-state index is 0.137. The first-order valence-electron chi connectivity index (χ1n) is 10.1. The Bertz CT molecular complexity index is 610. The summed E-state index contributed by atoms with van der Waals surface area (Å²) in [4.78, 5) is 20.0. The molecule has 0 aromatic carbocycles. The van der Waals surface area contributed by atoms with Crippen LogP contribution in [0.25, 0.3) is 0 Å². The lowest BCUT2D eigenvalue weighted by Crippen LogP contribution is -2.52. The van der Waals surface area contributed by atoms with Crippen molar-refractivity contribution < 1.29 is 4.79 Å². The first-order valence-corrected chi connectivity index (χ1v) is 10.1. The van der Waals surface area contributed by atoms with E-state index in [0.29, 0.717) is 17.9 Å². The van der Waals surface area contributed by atoms with Gasteiger partial charge < -0.3 is 9.80 Å². The number of piperidine rings is 1. The Morgan fingerprint density at radius 3 is 2.19 bits per heavy atom. The topological polar surface area (TPSA) is 44.6 Å². The van der Waals surface area contributed by atoms with Gasteiger partial charge in [-0.2, -0.15) is 5.10 Å². The van der Waals surface area contributed by atoms with Crippen molar-refractivity contribution in [3.05, 3.63) is 17.5 Å². The number of hydrogen-bond acceptors (Lipinski definition) is 4. The van der Waals surface area contributed by atoms with E-state index in [0.717, 1.165) is 37.3 Å². The molecule has 1 amide bonds. The molecule has 0 unspecified atom stereocenters. The van der Waals surface area contributed by atoms with Gasteiger partial charge in [-0.1, -0.05) is 13.8 Å². The number of likely N-dealkylation sites (tertiary alicyclic amines) is 1. The van der Waals surface area contributed by atoms with Crippen LogP contribution in [0.3, 0.4) is 0 Å². The maximum atomic E-state index is 12.9. The molecule has 0 bridgehead atoms. The molecule has 26 heavy (non-hydrogen) atoms. The van der Waals surface area contributed by atoms with Gasteiger partial charge in [0.1, 0.15) is 5.69 Å². The predicted octanol–water partition coefficient (Wildman–Crippen LogP) is 2.03. The standard InChI is InChI=1S/C20H35N5O/c1-15(2)18-14-19(23(5)21-18)20(26)25-8-6-17(7-9-25)16(3)24-12-10-22(4)11-13-24/h14-17H,6-13H2,1-5H3/t16-/m0/s1. The van der Waals surface area contributed by atoms with Crippen LogP contribution in [0.15, 0.2) is 6.07 Å². The third-order valence-electron chi connectivity index (χ3n) is 6.33. The Morgan fingerprint density at radius 2 is 1.65 bits per heavy atom. The molecule has 0 spiro atoms. The number of aromatic nitrogens is 2. The maximum Gasteiger partial charge on any atom is 0.272 e. The average molecular weight is 362 g/mol. The summed E-state index contributed by atoms with van der Waals surface area (Å²) in [5.74, 6) is 1.18. The summed E-state index contributed by atoms with van der Waals surface area (Å²) in [6, 6.07) is 2.58. The zero-order chi connectivity index (χ0) is 18.8. The molecule has 2 aliphatic heterocycles. The molecule has 6 nitrogen and oxygen atoms in total. The summed E-state index contributed by atoms with van der Waals surface area (Å²) in [7, 11) is 4.08. The number of likely N-dealkylation sites (N-methyl/N-ethyl adjacent to an activating group) is 1. The lowest BCUT2D eigenvalue weighted by atomic mass is 9.89. The molecular formula is C20H35N5O. The highest BCUT2D eigenvalue weighted by molar-refractivity contribution is 5.92. The lowest BCUT2D eigenvalue weighted by molar-refractivity contribution is 0.0493. The fraction of sp³-hybridized carbons (Fsp3) is 0.800. The van der Waals surface area contributed by atoms with E-state index in [9.17, 15) is 4.79 Å². The molecule has 0 saturated carbocycles. The molecule has 0 N–H and O–H groups in total. The summed E-state index contributed by atoms with van der Waals surface area (Å²) < 4.78 is 1.75. The third kappa shape index (κ3) is 4.12. The molecule has 2 saturated heterocycles. The second-order valence-electron chi connectivity index (χ2n) is 8.44. The number of aryl methyl sites for hydroxylation is 1. The van der Waals surface area contributed by atoms with Crippen molar-refractivity contribution in [1.29, 1.82) is 0 Å². The van der Waals surface area contributed by atoms with Crippen LogP contribution < -0.4 is 0 Å². The number of amides is 1. The first kappa shape index (κ1) is 19.4. The van der Waals surface area contributed by atoms with Gasteiger partial charge in [0.25, 0.3) is 5.91 Å². The molecule has 1 aromatic rings. The maximum absolute atomic E-state index is 12.9. The highest BCUT2D eigenvalue weighted by Gasteiger charge is 2.31. The van der Waals surface area contributed by atoms with Crippen LogP contribution in [0.4, 0.5) is 0 Å².